The van der Waals surface area contributed by atoms with Crippen molar-refractivity contribution in [1.29, 1.82) is 0 Å². The minimum atomic E-state index is 1.10. The van der Waals surface area contributed by atoms with Crippen molar-refractivity contribution >= 4 is 14.1 Å². The van der Waals surface area contributed by atoms with Crippen LogP contribution in [0.3, 0.4) is 0 Å². The first kappa shape index (κ1) is 10.2. The van der Waals surface area contributed by atoms with Gasteiger partial charge < -0.3 is 0 Å². The first-order valence-corrected chi connectivity index (χ1v) is 3.89. The zero-order valence-electron chi connectivity index (χ0n) is 8.10. The Labute approximate surface area is 70.3 Å². The number of hydrogen-bond acceptors (Lipinski definition) is 1. The Morgan fingerprint density at radius 3 is 2.18 bits per heavy atom. The van der Waals surface area contributed by atoms with Gasteiger partial charge in [-0.15, -0.1) is 0 Å². The lowest BCUT2D eigenvalue weighted by Gasteiger charge is -1.94. The molecule has 0 saturated carbocycles. The lowest BCUT2D eigenvalue weighted by atomic mass is 9.96. The van der Waals surface area contributed by atoms with Gasteiger partial charge in [0.2, 0.25) is 0 Å². The van der Waals surface area contributed by atoms with Crippen molar-refractivity contribution < 1.29 is 0 Å². The van der Waals surface area contributed by atoms with Gasteiger partial charge in [-0.2, -0.15) is 0 Å². The van der Waals surface area contributed by atoms with Gasteiger partial charge in [0.05, 0.1) is 0 Å². The molecule has 60 valence electrons. The summed E-state index contributed by atoms with van der Waals surface area (Å²) < 4.78 is 0. The van der Waals surface area contributed by atoms with Crippen LogP contribution in [0.5, 0.6) is 0 Å². The molecule has 0 spiro atoms. The number of aliphatic imine (C=N–C) groups is 1. The molecule has 0 aromatic heterocycles. The van der Waals surface area contributed by atoms with E-state index in [2.05, 4.69) is 19.8 Å². The fourth-order valence-electron chi connectivity index (χ4n) is 0.402. The van der Waals surface area contributed by atoms with Crippen molar-refractivity contribution in [2.75, 3.05) is 0 Å². The second-order valence-electron chi connectivity index (χ2n) is 2.88. The van der Waals surface area contributed by atoms with Crippen molar-refractivity contribution in [2.45, 2.75) is 27.7 Å². The summed E-state index contributed by atoms with van der Waals surface area (Å²) in [5.41, 5.74) is 3.57. The van der Waals surface area contributed by atoms with Crippen LogP contribution in [0.25, 0.3) is 0 Å². The standard InChI is InChI=1S/C9H16BN/c1-5-7(2)6-11-9(4)8(3)10/h5-6H,10H2,1-4H3/b7-5-,9-8+,11-6-. The number of hydrogen-bond donors (Lipinski definition) is 0. The third kappa shape index (κ3) is 4.60. The molecule has 0 amide bonds. The average Bonchev–Trinajstić information content (AvgIpc) is 1.99. The Bertz CT molecular complexity index is 208. The largest absolute Gasteiger partial charge is 0.262 e. The van der Waals surface area contributed by atoms with Crippen LogP contribution in [0, 0.1) is 0 Å². The Balaban J connectivity index is 4.27. The van der Waals surface area contributed by atoms with Gasteiger partial charge in [-0.1, -0.05) is 18.5 Å². The van der Waals surface area contributed by atoms with Crippen LogP contribution in [0.15, 0.2) is 27.8 Å². The molecule has 0 aliphatic carbocycles. The van der Waals surface area contributed by atoms with E-state index in [1.54, 1.807) is 0 Å². The normalized spacial score (nSPS) is 15.5. The Morgan fingerprint density at radius 2 is 1.82 bits per heavy atom. The average molecular weight is 149 g/mol. The van der Waals surface area contributed by atoms with E-state index in [9.17, 15) is 0 Å². The molecule has 11 heavy (non-hydrogen) atoms. The summed E-state index contributed by atoms with van der Waals surface area (Å²) in [6, 6.07) is 0. The highest BCUT2D eigenvalue weighted by Gasteiger charge is 1.85. The van der Waals surface area contributed by atoms with Crippen molar-refractivity contribution in [1.82, 2.24) is 0 Å². The molecule has 0 unspecified atom stereocenters. The maximum atomic E-state index is 4.28. The highest BCUT2D eigenvalue weighted by Crippen LogP contribution is 2.00. The quantitative estimate of drug-likeness (QED) is 0.420. The van der Waals surface area contributed by atoms with Gasteiger partial charge in [-0.05, 0) is 26.3 Å². The summed E-state index contributed by atoms with van der Waals surface area (Å²) in [6.45, 7) is 8.15. The summed E-state index contributed by atoms with van der Waals surface area (Å²) >= 11 is 0. The van der Waals surface area contributed by atoms with Gasteiger partial charge in [0.25, 0.3) is 0 Å². The zero-order chi connectivity index (χ0) is 8.85. The molecule has 0 radical (unpaired) electrons. The molecular weight excluding hydrogens is 133 g/mol. The third-order valence-electron chi connectivity index (χ3n) is 1.64. The molecule has 0 heterocycles. The molecule has 0 aromatic rings. The lowest BCUT2D eigenvalue weighted by Crippen LogP contribution is -1.82. The molecule has 1 nitrogen and oxygen atoms in total. The molecule has 2 heteroatoms. The molecule has 0 aliphatic rings. The van der Waals surface area contributed by atoms with E-state index in [4.69, 9.17) is 0 Å². The van der Waals surface area contributed by atoms with Crippen molar-refractivity contribution in [3.05, 3.63) is 22.8 Å². The van der Waals surface area contributed by atoms with Gasteiger partial charge in [-0.25, -0.2) is 0 Å². The molecule has 0 bridgehead atoms. The molecule has 0 rings (SSSR count). The van der Waals surface area contributed by atoms with E-state index < -0.39 is 0 Å². The van der Waals surface area contributed by atoms with Crippen LogP contribution in [0.4, 0.5) is 0 Å². The van der Waals surface area contributed by atoms with E-state index in [1.807, 2.05) is 33.1 Å². The van der Waals surface area contributed by atoms with E-state index in [0.717, 1.165) is 5.70 Å². The molecule has 0 aromatic carbocycles. The Hall–Kier alpha value is -0.785. The second-order valence-corrected chi connectivity index (χ2v) is 2.88. The fraction of sp³-hybridized carbons (Fsp3) is 0.444. The van der Waals surface area contributed by atoms with Crippen molar-refractivity contribution in [3.63, 3.8) is 0 Å². The van der Waals surface area contributed by atoms with Crippen LogP contribution in [-0.2, 0) is 0 Å². The SMILES string of the molecule is B/C(C)=C(C)/N=C\C(C)=C/C. The minimum Gasteiger partial charge on any atom is -0.262 e. The van der Waals surface area contributed by atoms with Crippen LogP contribution in [-0.4, -0.2) is 14.1 Å². The molecule has 0 aliphatic heterocycles. The van der Waals surface area contributed by atoms with Gasteiger partial charge in [0.15, 0.2) is 0 Å². The van der Waals surface area contributed by atoms with E-state index >= 15 is 0 Å². The predicted molar refractivity (Wildman–Crippen MR) is 54.8 cm³/mol. The van der Waals surface area contributed by atoms with E-state index in [-0.39, 0.29) is 0 Å². The summed E-state index contributed by atoms with van der Waals surface area (Å²) in [6.07, 6.45) is 3.93. The summed E-state index contributed by atoms with van der Waals surface area (Å²) in [7, 11) is 2.07. The zero-order valence-corrected chi connectivity index (χ0v) is 8.10. The van der Waals surface area contributed by atoms with Crippen LogP contribution in [0.1, 0.15) is 27.7 Å². The first-order chi connectivity index (χ1) is 5.07. The molecule has 0 N–H and O–H groups in total. The predicted octanol–water partition coefficient (Wildman–Crippen LogP) is 1.91. The summed E-state index contributed by atoms with van der Waals surface area (Å²) in [4.78, 5) is 4.28. The molecular formula is C9H16BN. The van der Waals surface area contributed by atoms with Crippen LogP contribution in [0.2, 0.25) is 0 Å². The number of rotatable bonds is 2. The number of nitrogens with zero attached hydrogens (tertiary/aromatic N) is 1. The minimum absolute atomic E-state index is 1.10. The van der Waals surface area contributed by atoms with Gasteiger partial charge in [0, 0.05) is 11.9 Å². The van der Waals surface area contributed by atoms with E-state index in [0.29, 0.717) is 0 Å². The Morgan fingerprint density at radius 1 is 1.27 bits per heavy atom. The van der Waals surface area contributed by atoms with Gasteiger partial charge in [0.1, 0.15) is 7.85 Å². The van der Waals surface area contributed by atoms with Crippen molar-refractivity contribution in [3.8, 4) is 0 Å². The smallest absolute Gasteiger partial charge is 0.135 e. The van der Waals surface area contributed by atoms with Crippen molar-refractivity contribution in [2.24, 2.45) is 4.99 Å². The summed E-state index contributed by atoms with van der Waals surface area (Å²) in [5.74, 6) is 0. The lowest BCUT2D eigenvalue weighted by molar-refractivity contribution is 1.27. The highest BCUT2D eigenvalue weighted by atomic mass is 14.7. The van der Waals surface area contributed by atoms with Crippen LogP contribution >= 0.6 is 0 Å². The summed E-state index contributed by atoms with van der Waals surface area (Å²) in [5, 5.41) is 0. The number of allylic oxidation sites excluding steroid dienone is 4. The maximum absolute atomic E-state index is 4.28. The van der Waals surface area contributed by atoms with Gasteiger partial charge in [-0.3, -0.25) is 4.99 Å². The first-order valence-electron chi connectivity index (χ1n) is 3.89. The fourth-order valence-corrected chi connectivity index (χ4v) is 0.402. The molecule has 0 saturated heterocycles. The third-order valence-corrected chi connectivity index (χ3v) is 1.64. The maximum Gasteiger partial charge on any atom is 0.135 e. The highest BCUT2D eigenvalue weighted by molar-refractivity contribution is 6.21. The monoisotopic (exact) mass is 149 g/mol. The second kappa shape index (κ2) is 4.94. The van der Waals surface area contributed by atoms with E-state index in [1.165, 1.54) is 11.0 Å². The Kier molecular flexibility index (Phi) is 4.59. The van der Waals surface area contributed by atoms with Gasteiger partial charge >= 0.3 is 0 Å². The molecule has 0 fully saturated rings. The topological polar surface area (TPSA) is 12.4 Å². The van der Waals surface area contributed by atoms with Crippen LogP contribution < -0.4 is 0 Å². The molecule has 0 atom stereocenters.